The van der Waals surface area contributed by atoms with E-state index in [0.717, 1.165) is 33.5 Å². The number of hydrogen-bond acceptors (Lipinski definition) is 5. The first kappa shape index (κ1) is 22.7. The van der Waals surface area contributed by atoms with Crippen molar-refractivity contribution in [3.8, 4) is 16.9 Å². The van der Waals surface area contributed by atoms with Crippen LogP contribution in [-0.4, -0.2) is 37.0 Å². The minimum absolute atomic E-state index is 0. The van der Waals surface area contributed by atoms with Crippen LogP contribution in [0.5, 0.6) is 5.75 Å². The highest BCUT2D eigenvalue weighted by Crippen LogP contribution is 2.39. The number of thiazole rings is 1. The molecule has 3 aromatic carbocycles. The fraction of sp³-hybridized carbons (Fsp3) is 0.167. The second-order valence-electron chi connectivity index (χ2n) is 7.27. The molecule has 0 saturated heterocycles. The lowest BCUT2D eigenvalue weighted by Gasteiger charge is -2.09. The van der Waals surface area contributed by atoms with Gasteiger partial charge in [0.1, 0.15) is 11.3 Å². The predicted molar refractivity (Wildman–Crippen MR) is 131 cm³/mol. The maximum atomic E-state index is 12.7. The average Bonchev–Trinajstić information content (AvgIpc) is 3.17. The summed E-state index contributed by atoms with van der Waals surface area (Å²) in [7, 11) is 5.67. The third-order valence-corrected chi connectivity index (χ3v) is 5.75. The van der Waals surface area contributed by atoms with Crippen LogP contribution < -0.4 is 10.1 Å². The largest absolute Gasteiger partial charge is 0.494 e. The minimum atomic E-state index is -0.175. The molecule has 4 aromatic rings. The standard InChI is InChI=1S/C24H23N3O2S.ClH/c1-27(2)15-16-9-11-18(12-10-16)23(28)26-24-25-21-20(29-3)14-13-19(22(21)30-24)17-7-5-4-6-8-17;/h4-14H,15H2,1-3H3,(H,25,26,28);1H. The normalized spacial score (nSPS) is 10.7. The van der Waals surface area contributed by atoms with Crippen LogP contribution in [0, 0.1) is 0 Å². The molecular formula is C24H24ClN3O2S. The van der Waals surface area contributed by atoms with Gasteiger partial charge in [-0.05, 0) is 49.5 Å². The highest BCUT2D eigenvalue weighted by Gasteiger charge is 2.16. The lowest BCUT2D eigenvalue weighted by atomic mass is 10.1. The number of fused-ring (bicyclic) bond motifs is 1. The lowest BCUT2D eigenvalue weighted by Crippen LogP contribution is -2.13. The van der Waals surface area contributed by atoms with Gasteiger partial charge in [-0.3, -0.25) is 10.1 Å². The zero-order chi connectivity index (χ0) is 21.1. The van der Waals surface area contributed by atoms with Crippen molar-refractivity contribution in [3.05, 3.63) is 77.9 Å². The van der Waals surface area contributed by atoms with E-state index in [1.54, 1.807) is 7.11 Å². The van der Waals surface area contributed by atoms with E-state index in [1.165, 1.54) is 11.3 Å². The van der Waals surface area contributed by atoms with Gasteiger partial charge in [-0.2, -0.15) is 0 Å². The average molecular weight is 454 g/mol. The van der Waals surface area contributed by atoms with Gasteiger partial charge in [0, 0.05) is 17.7 Å². The number of anilines is 1. The van der Waals surface area contributed by atoms with Gasteiger partial charge >= 0.3 is 0 Å². The predicted octanol–water partition coefficient (Wildman–Crippen LogP) is 5.71. The topological polar surface area (TPSA) is 54.5 Å². The molecule has 0 saturated carbocycles. The molecule has 1 amide bonds. The first-order valence-corrected chi connectivity index (χ1v) is 10.4. The Bertz CT molecular complexity index is 1170. The number of rotatable bonds is 6. The SMILES string of the molecule is COc1ccc(-c2ccccc2)c2sc(NC(=O)c3ccc(CN(C)C)cc3)nc12.Cl. The van der Waals surface area contributed by atoms with E-state index >= 15 is 0 Å². The van der Waals surface area contributed by atoms with Crippen LogP contribution in [0.3, 0.4) is 0 Å². The van der Waals surface area contributed by atoms with Gasteiger partial charge in [-0.1, -0.05) is 53.8 Å². The third-order valence-electron chi connectivity index (χ3n) is 4.75. The van der Waals surface area contributed by atoms with Crippen molar-refractivity contribution in [2.75, 3.05) is 26.5 Å². The van der Waals surface area contributed by atoms with Crippen LogP contribution in [0.15, 0.2) is 66.7 Å². The van der Waals surface area contributed by atoms with Crippen LogP contribution in [0.2, 0.25) is 0 Å². The number of amides is 1. The molecule has 1 N–H and O–H groups in total. The Labute approximate surface area is 192 Å². The highest BCUT2D eigenvalue weighted by atomic mass is 35.5. The van der Waals surface area contributed by atoms with Gasteiger partial charge in [0.2, 0.25) is 0 Å². The summed E-state index contributed by atoms with van der Waals surface area (Å²) in [5.41, 5.74) is 4.68. The summed E-state index contributed by atoms with van der Waals surface area (Å²) >= 11 is 1.45. The number of halogens is 1. The second kappa shape index (κ2) is 9.92. The summed E-state index contributed by atoms with van der Waals surface area (Å²) in [6.07, 6.45) is 0. The van der Waals surface area contributed by atoms with E-state index in [9.17, 15) is 4.79 Å². The molecule has 0 radical (unpaired) electrons. The molecule has 0 bridgehead atoms. The van der Waals surface area contributed by atoms with Gasteiger partial charge < -0.3 is 9.64 Å². The maximum absolute atomic E-state index is 12.7. The van der Waals surface area contributed by atoms with Crippen molar-refractivity contribution < 1.29 is 9.53 Å². The molecule has 0 aliphatic rings. The number of ether oxygens (including phenoxy) is 1. The Morgan fingerprint density at radius 2 is 1.74 bits per heavy atom. The number of carbonyl (C=O) groups excluding carboxylic acids is 1. The molecule has 0 aliphatic carbocycles. The summed E-state index contributed by atoms with van der Waals surface area (Å²) in [5.74, 6) is 0.514. The minimum Gasteiger partial charge on any atom is -0.494 e. The van der Waals surface area contributed by atoms with Gasteiger partial charge in [-0.25, -0.2) is 4.98 Å². The van der Waals surface area contributed by atoms with Crippen molar-refractivity contribution in [3.63, 3.8) is 0 Å². The number of hydrogen-bond donors (Lipinski definition) is 1. The molecule has 0 fully saturated rings. The van der Waals surface area contributed by atoms with E-state index in [2.05, 4.69) is 27.3 Å². The van der Waals surface area contributed by atoms with Crippen molar-refractivity contribution >= 4 is 45.0 Å². The molecule has 4 rings (SSSR count). The Hall–Kier alpha value is -2.93. The van der Waals surface area contributed by atoms with Gasteiger partial charge in [0.25, 0.3) is 5.91 Å². The van der Waals surface area contributed by atoms with Gasteiger partial charge in [0.05, 0.1) is 11.8 Å². The van der Waals surface area contributed by atoms with Crippen molar-refractivity contribution in [2.45, 2.75) is 6.54 Å². The number of methoxy groups -OCH3 is 1. The third kappa shape index (κ3) is 5.05. The Morgan fingerprint density at radius 3 is 2.39 bits per heavy atom. The summed E-state index contributed by atoms with van der Waals surface area (Å²) in [6.45, 7) is 0.835. The smallest absolute Gasteiger partial charge is 0.257 e. The molecule has 0 aliphatic heterocycles. The van der Waals surface area contributed by atoms with E-state index in [4.69, 9.17) is 4.74 Å². The molecule has 160 valence electrons. The van der Waals surface area contributed by atoms with Crippen LogP contribution in [0.25, 0.3) is 21.3 Å². The Morgan fingerprint density at radius 1 is 1.03 bits per heavy atom. The quantitative estimate of drug-likeness (QED) is 0.406. The number of nitrogens with zero attached hydrogens (tertiary/aromatic N) is 2. The number of aromatic nitrogens is 1. The molecule has 1 heterocycles. The highest BCUT2D eigenvalue weighted by molar-refractivity contribution is 7.23. The molecule has 1 aromatic heterocycles. The second-order valence-corrected chi connectivity index (χ2v) is 8.27. The van der Waals surface area contributed by atoms with Crippen LogP contribution in [0.1, 0.15) is 15.9 Å². The van der Waals surface area contributed by atoms with E-state index in [0.29, 0.717) is 16.4 Å². The van der Waals surface area contributed by atoms with E-state index in [1.807, 2.05) is 68.7 Å². The Balaban J connectivity index is 0.00000272. The van der Waals surface area contributed by atoms with Crippen LogP contribution >= 0.6 is 23.7 Å². The molecule has 31 heavy (non-hydrogen) atoms. The molecule has 0 atom stereocenters. The Kier molecular flexibility index (Phi) is 7.28. The fourth-order valence-corrected chi connectivity index (χ4v) is 4.36. The molecule has 0 unspecified atom stereocenters. The van der Waals surface area contributed by atoms with E-state index < -0.39 is 0 Å². The lowest BCUT2D eigenvalue weighted by molar-refractivity contribution is 0.102. The van der Waals surface area contributed by atoms with Crippen LogP contribution in [-0.2, 0) is 6.54 Å². The summed E-state index contributed by atoms with van der Waals surface area (Å²) in [5, 5.41) is 3.49. The zero-order valence-corrected chi connectivity index (χ0v) is 19.2. The molecule has 7 heteroatoms. The first-order chi connectivity index (χ1) is 14.5. The molecular weight excluding hydrogens is 430 g/mol. The van der Waals surface area contributed by atoms with Gasteiger partial charge in [-0.15, -0.1) is 12.4 Å². The first-order valence-electron chi connectivity index (χ1n) is 9.63. The molecule has 0 spiro atoms. The van der Waals surface area contributed by atoms with Crippen molar-refractivity contribution in [1.29, 1.82) is 0 Å². The number of nitrogens with one attached hydrogen (secondary N) is 1. The maximum Gasteiger partial charge on any atom is 0.257 e. The van der Waals surface area contributed by atoms with Crippen LogP contribution in [0.4, 0.5) is 5.13 Å². The molecule has 5 nitrogen and oxygen atoms in total. The monoisotopic (exact) mass is 453 g/mol. The van der Waals surface area contributed by atoms with Gasteiger partial charge in [0.15, 0.2) is 5.13 Å². The summed E-state index contributed by atoms with van der Waals surface area (Å²) < 4.78 is 6.48. The number of carbonyl (C=O) groups is 1. The van der Waals surface area contributed by atoms with Crippen molar-refractivity contribution in [1.82, 2.24) is 9.88 Å². The summed E-state index contributed by atoms with van der Waals surface area (Å²) in [6, 6.07) is 21.7. The summed E-state index contributed by atoms with van der Waals surface area (Å²) in [4.78, 5) is 19.5. The van der Waals surface area contributed by atoms with Crippen molar-refractivity contribution in [2.24, 2.45) is 0 Å². The number of benzene rings is 3. The zero-order valence-electron chi connectivity index (χ0n) is 17.6. The van der Waals surface area contributed by atoms with E-state index in [-0.39, 0.29) is 18.3 Å². The fourth-order valence-electron chi connectivity index (χ4n) is 3.34.